The van der Waals surface area contributed by atoms with Crippen molar-refractivity contribution < 1.29 is 8.78 Å². The summed E-state index contributed by atoms with van der Waals surface area (Å²) in [5.41, 5.74) is 0.798. The molecule has 0 fully saturated rings. The van der Waals surface area contributed by atoms with Crippen LogP contribution in [0.5, 0.6) is 0 Å². The summed E-state index contributed by atoms with van der Waals surface area (Å²) in [5.74, 6) is -1.61. The SMILES string of the molecule is CCCCCC(NCC)c1ccc(F)c(F)c1Br. The molecule has 18 heavy (non-hydrogen) atoms. The highest BCUT2D eigenvalue weighted by Gasteiger charge is 2.18. The van der Waals surface area contributed by atoms with E-state index >= 15 is 0 Å². The molecule has 0 saturated carbocycles. The topological polar surface area (TPSA) is 12.0 Å². The molecule has 1 aromatic rings. The highest BCUT2D eigenvalue weighted by atomic mass is 79.9. The smallest absolute Gasteiger partial charge is 0.173 e. The Hall–Kier alpha value is -0.480. The van der Waals surface area contributed by atoms with Crippen LogP contribution in [0.15, 0.2) is 16.6 Å². The lowest BCUT2D eigenvalue weighted by Crippen LogP contribution is -2.21. The maximum Gasteiger partial charge on any atom is 0.173 e. The largest absolute Gasteiger partial charge is 0.310 e. The second-order valence-corrected chi connectivity index (χ2v) is 5.16. The molecule has 0 bridgehead atoms. The molecular formula is C14H20BrF2N. The molecule has 0 saturated heterocycles. The normalized spacial score (nSPS) is 12.7. The summed E-state index contributed by atoms with van der Waals surface area (Å²) >= 11 is 3.16. The Balaban J connectivity index is 2.87. The Morgan fingerprint density at radius 1 is 1.22 bits per heavy atom. The van der Waals surface area contributed by atoms with E-state index in [1.54, 1.807) is 6.07 Å². The summed E-state index contributed by atoms with van der Waals surface area (Å²) in [6, 6.07) is 2.92. The van der Waals surface area contributed by atoms with E-state index in [2.05, 4.69) is 28.2 Å². The van der Waals surface area contributed by atoms with E-state index in [0.29, 0.717) is 0 Å². The third-order valence-electron chi connectivity index (χ3n) is 2.99. The van der Waals surface area contributed by atoms with E-state index in [1.807, 2.05) is 6.92 Å². The molecule has 1 atom stereocenters. The van der Waals surface area contributed by atoms with Crippen molar-refractivity contribution in [3.63, 3.8) is 0 Å². The van der Waals surface area contributed by atoms with Gasteiger partial charge in [0.15, 0.2) is 11.6 Å². The summed E-state index contributed by atoms with van der Waals surface area (Å²) in [5, 5.41) is 3.33. The summed E-state index contributed by atoms with van der Waals surface area (Å²) in [4.78, 5) is 0. The average Bonchev–Trinajstić information content (AvgIpc) is 2.36. The van der Waals surface area contributed by atoms with Crippen LogP contribution in [0.1, 0.15) is 51.1 Å². The number of benzene rings is 1. The molecule has 0 amide bonds. The molecule has 0 spiro atoms. The van der Waals surface area contributed by atoms with Crippen LogP contribution >= 0.6 is 15.9 Å². The Bertz CT molecular complexity index is 382. The van der Waals surface area contributed by atoms with Crippen LogP contribution in [-0.2, 0) is 0 Å². The first-order valence-electron chi connectivity index (χ1n) is 6.48. The zero-order valence-corrected chi connectivity index (χ0v) is 12.5. The van der Waals surface area contributed by atoms with E-state index in [-0.39, 0.29) is 10.5 Å². The van der Waals surface area contributed by atoms with Gasteiger partial charge in [0.1, 0.15) is 0 Å². The lowest BCUT2D eigenvalue weighted by atomic mass is 10.00. The lowest BCUT2D eigenvalue weighted by Gasteiger charge is -2.20. The zero-order valence-electron chi connectivity index (χ0n) is 10.9. The van der Waals surface area contributed by atoms with Crippen molar-refractivity contribution in [3.8, 4) is 0 Å². The third-order valence-corrected chi connectivity index (χ3v) is 3.79. The minimum atomic E-state index is -0.811. The number of nitrogens with one attached hydrogen (secondary N) is 1. The van der Waals surface area contributed by atoms with E-state index in [9.17, 15) is 8.78 Å². The maximum absolute atomic E-state index is 13.5. The summed E-state index contributed by atoms with van der Waals surface area (Å²) in [6.07, 6.45) is 4.33. The van der Waals surface area contributed by atoms with Gasteiger partial charge < -0.3 is 5.32 Å². The van der Waals surface area contributed by atoms with Crippen molar-refractivity contribution in [1.29, 1.82) is 0 Å². The molecule has 4 heteroatoms. The van der Waals surface area contributed by atoms with Gasteiger partial charge in [0, 0.05) is 6.04 Å². The average molecular weight is 320 g/mol. The Labute approximate surface area is 116 Å². The molecule has 1 rings (SSSR count). The van der Waals surface area contributed by atoms with Crippen LogP contribution in [0.25, 0.3) is 0 Å². The number of hydrogen-bond donors (Lipinski definition) is 1. The van der Waals surface area contributed by atoms with Gasteiger partial charge in [-0.1, -0.05) is 39.2 Å². The highest BCUT2D eigenvalue weighted by molar-refractivity contribution is 9.10. The van der Waals surface area contributed by atoms with Gasteiger partial charge in [-0.25, -0.2) is 8.78 Å². The molecule has 1 nitrogen and oxygen atoms in total. The molecule has 1 unspecified atom stereocenters. The van der Waals surface area contributed by atoms with Crippen LogP contribution in [-0.4, -0.2) is 6.54 Å². The molecule has 1 N–H and O–H groups in total. The van der Waals surface area contributed by atoms with Gasteiger partial charge in [-0.2, -0.15) is 0 Å². The van der Waals surface area contributed by atoms with Gasteiger partial charge in [0.2, 0.25) is 0 Å². The van der Waals surface area contributed by atoms with Crippen LogP contribution in [0.3, 0.4) is 0 Å². The van der Waals surface area contributed by atoms with Crippen molar-refractivity contribution in [2.75, 3.05) is 6.54 Å². The van der Waals surface area contributed by atoms with E-state index in [1.165, 1.54) is 6.07 Å². The van der Waals surface area contributed by atoms with Crippen molar-refractivity contribution >= 4 is 15.9 Å². The first-order valence-corrected chi connectivity index (χ1v) is 7.27. The zero-order chi connectivity index (χ0) is 13.5. The van der Waals surface area contributed by atoms with Crippen molar-refractivity contribution in [2.24, 2.45) is 0 Å². The predicted molar refractivity (Wildman–Crippen MR) is 74.6 cm³/mol. The minimum Gasteiger partial charge on any atom is -0.310 e. The number of rotatable bonds is 7. The molecule has 0 aliphatic heterocycles. The van der Waals surface area contributed by atoms with E-state index in [4.69, 9.17) is 0 Å². The maximum atomic E-state index is 13.5. The fourth-order valence-corrected chi connectivity index (χ4v) is 2.62. The molecule has 0 aliphatic carbocycles. The standard InChI is InChI=1S/C14H20BrF2N/c1-3-5-6-7-12(18-4-2)10-8-9-11(16)14(17)13(10)15/h8-9,12,18H,3-7H2,1-2H3. The van der Waals surface area contributed by atoms with Gasteiger partial charge in [0.25, 0.3) is 0 Å². The van der Waals surface area contributed by atoms with Crippen molar-refractivity contribution in [1.82, 2.24) is 5.32 Å². The Kier molecular flexibility index (Phi) is 6.79. The first kappa shape index (κ1) is 15.6. The molecule has 1 aromatic carbocycles. The minimum absolute atomic E-state index is 0.0750. The molecule has 0 aromatic heterocycles. The van der Waals surface area contributed by atoms with Gasteiger partial charge in [-0.15, -0.1) is 0 Å². The van der Waals surface area contributed by atoms with Gasteiger partial charge in [0.05, 0.1) is 4.47 Å². The fraction of sp³-hybridized carbons (Fsp3) is 0.571. The van der Waals surface area contributed by atoms with E-state index in [0.717, 1.165) is 37.8 Å². The molecule has 0 heterocycles. The van der Waals surface area contributed by atoms with Gasteiger partial charge in [-0.3, -0.25) is 0 Å². The Morgan fingerprint density at radius 3 is 2.56 bits per heavy atom. The number of unbranched alkanes of at least 4 members (excludes halogenated alkanes) is 2. The Morgan fingerprint density at radius 2 is 1.94 bits per heavy atom. The molecular weight excluding hydrogens is 300 g/mol. The summed E-state index contributed by atoms with van der Waals surface area (Å²) in [6.45, 7) is 4.97. The van der Waals surface area contributed by atoms with Gasteiger partial charge in [-0.05, 0) is 40.5 Å². The monoisotopic (exact) mass is 319 g/mol. The fourth-order valence-electron chi connectivity index (χ4n) is 2.02. The van der Waals surface area contributed by atoms with Crippen LogP contribution in [0, 0.1) is 11.6 Å². The van der Waals surface area contributed by atoms with Gasteiger partial charge >= 0.3 is 0 Å². The van der Waals surface area contributed by atoms with Crippen LogP contribution in [0.4, 0.5) is 8.78 Å². The molecule has 0 aliphatic rings. The summed E-state index contributed by atoms with van der Waals surface area (Å²) < 4.78 is 26.9. The highest BCUT2D eigenvalue weighted by Crippen LogP contribution is 2.30. The van der Waals surface area contributed by atoms with Crippen molar-refractivity contribution in [3.05, 3.63) is 33.8 Å². The number of halogens is 3. The predicted octanol–water partition coefficient (Wildman–Crippen LogP) is 4.96. The third kappa shape index (κ3) is 4.02. The quantitative estimate of drug-likeness (QED) is 0.553. The second kappa shape index (κ2) is 7.85. The summed E-state index contributed by atoms with van der Waals surface area (Å²) in [7, 11) is 0. The second-order valence-electron chi connectivity index (χ2n) is 4.37. The van der Waals surface area contributed by atoms with Crippen LogP contribution in [0.2, 0.25) is 0 Å². The van der Waals surface area contributed by atoms with Crippen LogP contribution < -0.4 is 5.32 Å². The lowest BCUT2D eigenvalue weighted by molar-refractivity contribution is 0.469. The molecule has 0 radical (unpaired) electrons. The number of hydrogen-bond acceptors (Lipinski definition) is 1. The van der Waals surface area contributed by atoms with Crippen molar-refractivity contribution in [2.45, 2.75) is 45.6 Å². The first-order chi connectivity index (χ1) is 8.61. The van der Waals surface area contributed by atoms with E-state index < -0.39 is 11.6 Å². The molecule has 102 valence electrons.